The number of pyridine rings is 1. The van der Waals surface area contributed by atoms with Gasteiger partial charge in [0.05, 0.1) is 24.1 Å². The van der Waals surface area contributed by atoms with E-state index in [1.807, 2.05) is 56.6 Å². The summed E-state index contributed by atoms with van der Waals surface area (Å²) in [4.78, 5) is 37.8. The topological polar surface area (TPSA) is 95.2 Å². The molecule has 0 aliphatic carbocycles. The molecule has 0 radical (unpaired) electrons. The van der Waals surface area contributed by atoms with Crippen LogP contribution in [0.1, 0.15) is 46.1 Å². The molecule has 0 bridgehead atoms. The second-order valence-electron chi connectivity index (χ2n) is 8.80. The van der Waals surface area contributed by atoms with Crippen LogP contribution in [0.25, 0.3) is 16.7 Å². The quantitative estimate of drug-likeness (QED) is 0.389. The van der Waals surface area contributed by atoms with Crippen LogP contribution in [0.3, 0.4) is 0 Å². The smallest absolute Gasteiger partial charge is 0.337 e. The molecule has 0 saturated carbocycles. The third-order valence-corrected chi connectivity index (χ3v) is 6.38. The number of methoxy groups -OCH3 is 1. The van der Waals surface area contributed by atoms with Crippen molar-refractivity contribution in [3.8, 4) is 5.69 Å². The van der Waals surface area contributed by atoms with Crippen LogP contribution in [-0.4, -0.2) is 33.3 Å². The average molecular weight is 487 g/mol. The van der Waals surface area contributed by atoms with Gasteiger partial charge in [0.25, 0.3) is 5.56 Å². The van der Waals surface area contributed by atoms with Crippen LogP contribution in [0.4, 0.5) is 5.69 Å². The van der Waals surface area contributed by atoms with Crippen molar-refractivity contribution in [3.05, 3.63) is 86.8 Å². The van der Waals surface area contributed by atoms with E-state index in [0.717, 1.165) is 33.5 Å². The molecule has 1 N–H and O–H groups in total. The molecule has 186 valence electrons. The Morgan fingerprint density at radius 3 is 2.42 bits per heavy atom. The third kappa shape index (κ3) is 4.66. The highest BCUT2D eigenvalue weighted by molar-refractivity contribution is 5.93. The molecule has 4 rings (SSSR count). The van der Waals surface area contributed by atoms with Gasteiger partial charge in [-0.15, -0.1) is 0 Å². The summed E-state index contributed by atoms with van der Waals surface area (Å²) in [7, 11) is 1.32. The highest BCUT2D eigenvalue weighted by Gasteiger charge is 2.21. The van der Waals surface area contributed by atoms with Crippen molar-refractivity contribution in [3.63, 3.8) is 0 Å². The maximum atomic E-state index is 13.5. The van der Waals surface area contributed by atoms with Crippen LogP contribution >= 0.6 is 0 Å². The summed E-state index contributed by atoms with van der Waals surface area (Å²) in [5, 5.41) is 8.54. The molecule has 4 aromatic rings. The summed E-state index contributed by atoms with van der Waals surface area (Å²) in [5.41, 5.74) is 5.95. The Morgan fingerprint density at radius 2 is 1.78 bits per heavy atom. The molecule has 0 saturated heterocycles. The van der Waals surface area contributed by atoms with Gasteiger partial charge in [0, 0.05) is 29.6 Å². The Balaban J connectivity index is 1.63. The predicted molar refractivity (Wildman–Crippen MR) is 140 cm³/mol. The van der Waals surface area contributed by atoms with Gasteiger partial charge in [0.15, 0.2) is 0 Å². The van der Waals surface area contributed by atoms with Gasteiger partial charge in [-0.3, -0.25) is 14.2 Å². The fourth-order valence-electron chi connectivity index (χ4n) is 4.57. The second-order valence-corrected chi connectivity index (χ2v) is 8.80. The number of amides is 1. The first kappa shape index (κ1) is 24.9. The minimum atomic E-state index is -0.438. The molecule has 1 amide bonds. The molecule has 8 heteroatoms. The summed E-state index contributed by atoms with van der Waals surface area (Å²) >= 11 is 0. The van der Waals surface area contributed by atoms with Crippen LogP contribution in [0.2, 0.25) is 0 Å². The zero-order valence-corrected chi connectivity index (χ0v) is 21.2. The van der Waals surface area contributed by atoms with Crippen molar-refractivity contribution in [2.45, 2.75) is 47.1 Å². The number of anilines is 1. The first-order chi connectivity index (χ1) is 17.2. The number of nitrogens with zero attached hydrogens (tertiary/aromatic N) is 3. The molecule has 2 aromatic heterocycles. The molecule has 2 aromatic carbocycles. The monoisotopic (exact) mass is 486 g/mol. The first-order valence-electron chi connectivity index (χ1n) is 11.9. The Bertz CT molecular complexity index is 1510. The zero-order chi connectivity index (χ0) is 26.0. The Hall–Kier alpha value is -4.20. The molecular formula is C28H30N4O4. The summed E-state index contributed by atoms with van der Waals surface area (Å²) in [6.07, 6.45) is 0.455. The fourth-order valence-corrected chi connectivity index (χ4v) is 4.57. The van der Waals surface area contributed by atoms with Gasteiger partial charge in [0.1, 0.15) is 5.65 Å². The number of hydrogen-bond acceptors (Lipinski definition) is 5. The number of esters is 1. The maximum Gasteiger partial charge on any atom is 0.337 e. The van der Waals surface area contributed by atoms with E-state index in [1.165, 1.54) is 7.11 Å². The predicted octanol–water partition coefficient (Wildman–Crippen LogP) is 4.49. The van der Waals surface area contributed by atoms with E-state index in [0.29, 0.717) is 29.8 Å². The Kier molecular flexibility index (Phi) is 7.05. The van der Waals surface area contributed by atoms with Crippen molar-refractivity contribution in [1.29, 1.82) is 0 Å². The highest BCUT2D eigenvalue weighted by Crippen LogP contribution is 2.26. The van der Waals surface area contributed by atoms with Crippen molar-refractivity contribution in [2.24, 2.45) is 0 Å². The fraction of sp³-hybridized carbons (Fsp3) is 0.286. The normalized spacial score (nSPS) is 11.0. The largest absolute Gasteiger partial charge is 0.465 e. The number of aromatic nitrogens is 3. The van der Waals surface area contributed by atoms with E-state index in [9.17, 15) is 14.4 Å². The van der Waals surface area contributed by atoms with Crippen LogP contribution < -0.4 is 10.9 Å². The summed E-state index contributed by atoms with van der Waals surface area (Å²) in [6.45, 7) is 8.32. The van der Waals surface area contributed by atoms with E-state index < -0.39 is 5.97 Å². The molecule has 0 aliphatic heterocycles. The molecule has 36 heavy (non-hydrogen) atoms. The van der Waals surface area contributed by atoms with E-state index >= 15 is 0 Å². The van der Waals surface area contributed by atoms with Crippen molar-refractivity contribution in [2.75, 3.05) is 12.4 Å². The van der Waals surface area contributed by atoms with E-state index in [1.54, 1.807) is 28.8 Å². The molecule has 0 fully saturated rings. The van der Waals surface area contributed by atoms with Gasteiger partial charge in [-0.1, -0.05) is 12.1 Å². The number of benzene rings is 2. The van der Waals surface area contributed by atoms with Gasteiger partial charge < -0.3 is 10.1 Å². The van der Waals surface area contributed by atoms with Crippen molar-refractivity contribution < 1.29 is 14.3 Å². The maximum absolute atomic E-state index is 13.5. The van der Waals surface area contributed by atoms with Crippen LogP contribution in [0, 0.1) is 20.8 Å². The van der Waals surface area contributed by atoms with Gasteiger partial charge in [-0.2, -0.15) is 5.10 Å². The number of rotatable bonds is 7. The van der Waals surface area contributed by atoms with Gasteiger partial charge in [-0.05, 0) is 81.6 Å². The zero-order valence-electron chi connectivity index (χ0n) is 21.2. The molecule has 0 aliphatic rings. The van der Waals surface area contributed by atoms with Crippen LogP contribution in [0.5, 0.6) is 0 Å². The molecule has 0 unspecified atom stereocenters. The number of nitrogens with one attached hydrogen (secondary N) is 1. The lowest BCUT2D eigenvalue weighted by atomic mass is 10.0. The minimum Gasteiger partial charge on any atom is -0.465 e. The summed E-state index contributed by atoms with van der Waals surface area (Å²) in [5.74, 6) is -0.651. The SMILES string of the molecule is CCn1c(=O)c(CCC(=O)Nc2ccc(C(=O)OC)cc2)c(C)c2c(C)nn(-c3cccc(C)c3)c21. The number of hydrogen-bond donors (Lipinski definition) is 1. The number of ether oxygens (including phenoxy) is 1. The molecular weight excluding hydrogens is 456 g/mol. The van der Waals surface area contributed by atoms with Crippen molar-refractivity contribution in [1.82, 2.24) is 14.3 Å². The highest BCUT2D eigenvalue weighted by atomic mass is 16.5. The third-order valence-electron chi connectivity index (χ3n) is 6.38. The molecule has 8 nitrogen and oxygen atoms in total. The van der Waals surface area contributed by atoms with E-state index in [4.69, 9.17) is 9.84 Å². The van der Waals surface area contributed by atoms with Gasteiger partial charge in [-0.25, -0.2) is 9.48 Å². The average Bonchev–Trinajstić information content (AvgIpc) is 3.21. The molecule has 2 heterocycles. The lowest BCUT2D eigenvalue weighted by molar-refractivity contribution is -0.116. The summed E-state index contributed by atoms with van der Waals surface area (Å²) in [6, 6.07) is 14.5. The van der Waals surface area contributed by atoms with E-state index in [-0.39, 0.29) is 17.9 Å². The second kappa shape index (κ2) is 10.2. The summed E-state index contributed by atoms with van der Waals surface area (Å²) < 4.78 is 8.27. The Labute approximate surface area is 209 Å². The van der Waals surface area contributed by atoms with E-state index in [2.05, 4.69) is 5.32 Å². The van der Waals surface area contributed by atoms with Gasteiger partial charge >= 0.3 is 5.97 Å². The number of carbonyl (C=O) groups is 2. The number of carbonyl (C=O) groups excluding carboxylic acids is 2. The van der Waals surface area contributed by atoms with Crippen LogP contribution in [-0.2, 0) is 22.5 Å². The lowest BCUT2D eigenvalue weighted by Gasteiger charge is -2.15. The van der Waals surface area contributed by atoms with Crippen LogP contribution in [0.15, 0.2) is 53.3 Å². The van der Waals surface area contributed by atoms with Crippen molar-refractivity contribution >= 4 is 28.6 Å². The van der Waals surface area contributed by atoms with Gasteiger partial charge in [0.2, 0.25) is 5.91 Å². The number of fused-ring (bicyclic) bond motifs is 1. The first-order valence-corrected chi connectivity index (χ1v) is 11.9. The Morgan fingerprint density at radius 1 is 1.06 bits per heavy atom. The minimum absolute atomic E-state index is 0.105. The number of aryl methyl sites for hydroxylation is 4. The standard InChI is InChI=1S/C28H30N4O4/c1-6-31-26-25(19(4)30-32(26)22-9-7-8-17(2)16-22)18(3)23(27(31)34)14-15-24(33)29-21-12-10-20(11-13-21)28(35)36-5/h7-13,16H,6,14-15H2,1-5H3,(H,29,33). The lowest BCUT2D eigenvalue weighted by Crippen LogP contribution is -2.27. The molecule has 0 atom stereocenters. The molecule has 0 spiro atoms.